The summed E-state index contributed by atoms with van der Waals surface area (Å²) in [6, 6.07) is 5.27. The van der Waals surface area contributed by atoms with Crippen molar-refractivity contribution in [3.05, 3.63) is 34.9 Å². The van der Waals surface area contributed by atoms with Crippen molar-refractivity contribution in [3.8, 4) is 0 Å². The van der Waals surface area contributed by atoms with Crippen LogP contribution in [0.3, 0.4) is 0 Å². The number of hydrogen-bond acceptors (Lipinski definition) is 5. The minimum atomic E-state index is -3.09. The average molecular weight is 408 g/mol. The van der Waals surface area contributed by atoms with Crippen molar-refractivity contribution in [2.45, 2.75) is 52.0 Å². The third kappa shape index (κ3) is 5.13. The summed E-state index contributed by atoms with van der Waals surface area (Å²) in [5, 5.41) is 0. The maximum Gasteiger partial charge on any atom is 0.338 e. The van der Waals surface area contributed by atoms with E-state index in [0.717, 1.165) is 19.3 Å². The zero-order valence-electron chi connectivity index (χ0n) is 16.6. The first-order chi connectivity index (χ1) is 13.2. The van der Waals surface area contributed by atoms with Crippen molar-refractivity contribution in [2.75, 3.05) is 24.7 Å². The number of carbonyl (C=O) groups is 2. The van der Waals surface area contributed by atoms with Crippen LogP contribution in [0.25, 0.3) is 0 Å². The predicted octanol–water partition coefficient (Wildman–Crippen LogP) is 2.39. The molecule has 1 amide bonds. The van der Waals surface area contributed by atoms with E-state index in [1.807, 2.05) is 26.0 Å². The molecule has 6 nitrogen and oxygen atoms in total. The van der Waals surface area contributed by atoms with Crippen molar-refractivity contribution >= 4 is 21.7 Å². The second kappa shape index (κ2) is 8.64. The molecule has 1 aromatic carbocycles. The normalized spacial score (nSPS) is 20.6. The topological polar surface area (TPSA) is 80.8 Å². The maximum absolute atomic E-state index is 12.7. The molecule has 0 bridgehead atoms. The molecule has 1 aromatic rings. The van der Waals surface area contributed by atoms with Crippen LogP contribution in [0.2, 0.25) is 0 Å². The van der Waals surface area contributed by atoms with Gasteiger partial charge in [-0.1, -0.05) is 19.9 Å². The highest BCUT2D eigenvalue weighted by Crippen LogP contribution is 2.23. The van der Waals surface area contributed by atoms with E-state index in [4.69, 9.17) is 4.74 Å². The lowest BCUT2D eigenvalue weighted by molar-refractivity contribution is -0.137. The molecule has 2 aliphatic rings. The Bertz CT molecular complexity index is 846. The number of fused-ring (bicyclic) bond motifs is 1. The van der Waals surface area contributed by atoms with Gasteiger partial charge >= 0.3 is 5.97 Å². The van der Waals surface area contributed by atoms with Crippen molar-refractivity contribution < 1.29 is 22.7 Å². The second-order valence-corrected chi connectivity index (χ2v) is 10.5. The largest absolute Gasteiger partial charge is 0.452 e. The summed E-state index contributed by atoms with van der Waals surface area (Å²) in [7, 11) is -3.09. The number of aryl methyl sites for hydroxylation is 2. The SMILES string of the molecule is CC(C)CN(C(=O)COC(=O)c1ccc2c(c1)CCCC2)[C@H]1CCS(=O)(=O)C1. The maximum atomic E-state index is 12.7. The Morgan fingerprint density at radius 3 is 2.54 bits per heavy atom. The summed E-state index contributed by atoms with van der Waals surface area (Å²) in [5.41, 5.74) is 2.93. The van der Waals surface area contributed by atoms with Crippen LogP contribution >= 0.6 is 0 Å². The summed E-state index contributed by atoms with van der Waals surface area (Å²) in [4.78, 5) is 26.7. The van der Waals surface area contributed by atoms with Gasteiger partial charge in [0.15, 0.2) is 16.4 Å². The highest BCUT2D eigenvalue weighted by Gasteiger charge is 2.35. The van der Waals surface area contributed by atoms with Crippen molar-refractivity contribution in [2.24, 2.45) is 5.92 Å². The van der Waals surface area contributed by atoms with E-state index in [1.165, 1.54) is 17.5 Å². The van der Waals surface area contributed by atoms with Gasteiger partial charge in [0, 0.05) is 12.6 Å². The first-order valence-electron chi connectivity index (χ1n) is 10.0. The molecular formula is C21H29NO5S. The molecular weight excluding hydrogens is 378 g/mol. The molecule has 0 aromatic heterocycles. The Morgan fingerprint density at radius 1 is 1.18 bits per heavy atom. The molecule has 7 heteroatoms. The summed E-state index contributed by atoms with van der Waals surface area (Å²) in [5.74, 6) is -0.547. The minimum absolute atomic E-state index is 0.00969. The zero-order chi connectivity index (χ0) is 20.3. The molecule has 0 radical (unpaired) electrons. The molecule has 0 unspecified atom stereocenters. The molecule has 1 atom stereocenters. The number of ether oxygens (including phenoxy) is 1. The summed E-state index contributed by atoms with van der Waals surface area (Å²) in [6.45, 7) is 4.04. The molecule has 3 rings (SSSR count). The number of sulfone groups is 1. The molecule has 0 spiro atoms. The number of esters is 1. The standard InChI is InChI=1S/C21H29NO5S/c1-15(2)12-22(19-9-10-28(25,26)14-19)20(23)13-27-21(24)18-8-7-16-5-3-4-6-17(16)11-18/h7-8,11,15,19H,3-6,9-10,12-14H2,1-2H3/t19-/m0/s1. The molecule has 154 valence electrons. The molecule has 0 saturated carbocycles. The fraction of sp³-hybridized carbons (Fsp3) is 0.619. The first kappa shape index (κ1) is 20.8. The number of amides is 1. The van der Waals surface area contributed by atoms with E-state index in [0.29, 0.717) is 18.5 Å². The monoisotopic (exact) mass is 407 g/mol. The van der Waals surface area contributed by atoms with Gasteiger partial charge in [-0.25, -0.2) is 13.2 Å². The second-order valence-electron chi connectivity index (χ2n) is 8.26. The molecule has 28 heavy (non-hydrogen) atoms. The van der Waals surface area contributed by atoms with Crippen LogP contribution in [0.5, 0.6) is 0 Å². The summed E-state index contributed by atoms with van der Waals surface area (Å²) < 4.78 is 28.9. The average Bonchev–Trinajstić information content (AvgIpc) is 3.02. The smallest absolute Gasteiger partial charge is 0.338 e. The Hall–Kier alpha value is -1.89. The highest BCUT2D eigenvalue weighted by molar-refractivity contribution is 7.91. The van der Waals surface area contributed by atoms with E-state index >= 15 is 0 Å². The number of benzene rings is 1. The Balaban J connectivity index is 1.62. The minimum Gasteiger partial charge on any atom is -0.452 e. The lowest BCUT2D eigenvalue weighted by atomic mass is 9.90. The van der Waals surface area contributed by atoms with E-state index in [9.17, 15) is 18.0 Å². The highest BCUT2D eigenvalue weighted by atomic mass is 32.2. The first-order valence-corrected chi connectivity index (χ1v) is 11.9. The van der Waals surface area contributed by atoms with Crippen LogP contribution in [0.15, 0.2) is 18.2 Å². The zero-order valence-corrected chi connectivity index (χ0v) is 17.5. The molecule has 1 fully saturated rings. The summed E-state index contributed by atoms with van der Waals surface area (Å²) >= 11 is 0. The Kier molecular flexibility index (Phi) is 6.43. The third-order valence-electron chi connectivity index (χ3n) is 5.44. The predicted molar refractivity (Wildman–Crippen MR) is 107 cm³/mol. The molecule has 1 heterocycles. The molecule has 1 aliphatic carbocycles. The number of rotatable bonds is 6. The van der Waals surface area contributed by atoms with Crippen LogP contribution < -0.4 is 0 Å². The third-order valence-corrected chi connectivity index (χ3v) is 7.19. The van der Waals surface area contributed by atoms with Gasteiger partial charge in [0.2, 0.25) is 0 Å². The van der Waals surface area contributed by atoms with Crippen molar-refractivity contribution in [1.82, 2.24) is 4.90 Å². The number of nitrogens with zero attached hydrogens (tertiary/aromatic N) is 1. The van der Waals surface area contributed by atoms with Crippen LogP contribution in [-0.2, 0) is 32.2 Å². The van der Waals surface area contributed by atoms with Gasteiger partial charge in [-0.2, -0.15) is 0 Å². The van der Waals surface area contributed by atoms with Crippen LogP contribution in [0, 0.1) is 5.92 Å². The number of carbonyl (C=O) groups excluding carboxylic acids is 2. The van der Waals surface area contributed by atoms with Crippen molar-refractivity contribution in [3.63, 3.8) is 0 Å². The lowest BCUT2D eigenvalue weighted by Crippen LogP contribution is -2.45. The van der Waals surface area contributed by atoms with E-state index in [2.05, 4.69) is 0 Å². The summed E-state index contributed by atoms with van der Waals surface area (Å²) in [6.07, 6.45) is 4.75. The molecule has 1 aliphatic heterocycles. The van der Waals surface area contributed by atoms with Crippen molar-refractivity contribution in [1.29, 1.82) is 0 Å². The lowest BCUT2D eigenvalue weighted by Gasteiger charge is -2.29. The van der Waals surface area contributed by atoms with E-state index in [-0.39, 0.29) is 36.0 Å². The van der Waals surface area contributed by atoms with Gasteiger partial charge in [-0.05, 0) is 61.3 Å². The van der Waals surface area contributed by atoms with Gasteiger partial charge in [-0.15, -0.1) is 0 Å². The van der Waals surface area contributed by atoms with E-state index < -0.39 is 15.8 Å². The Labute approximate surface area is 167 Å². The van der Waals surface area contributed by atoms with Crippen LogP contribution in [0.4, 0.5) is 0 Å². The quantitative estimate of drug-likeness (QED) is 0.677. The van der Waals surface area contributed by atoms with Gasteiger partial charge in [-0.3, -0.25) is 4.79 Å². The molecule has 0 N–H and O–H groups in total. The fourth-order valence-electron chi connectivity index (χ4n) is 4.02. The van der Waals surface area contributed by atoms with Gasteiger partial charge in [0.05, 0.1) is 17.1 Å². The number of hydrogen-bond donors (Lipinski definition) is 0. The van der Waals surface area contributed by atoms with Gasteiger partial charge < -0.3 is 9.64 Å². The van der Waals surface area contributed by atoms with E-state index in [1.54, 1.807) is 11.0 Å². The van der Waals surface area contributed by atoms with Crippen LogP contribution in [-0.4, -0.2) is 55.9 Å². The fourth-order valence-corrected chi connectivity index (χ4v) is 5.75. The van der Waals surface area contributed by atoms with Crippen LogP contribution in [0.1, 0.15) is 54.6 Å². The van der Waals surface area contributed by atoms with Gasteiger partial charge in [0.1, 0.15) is 0 Å². The Morgan fingerprint density at radius 2 is 1.89 bits per heavy atom. The molecule has 1 saturated heterocycles. The van der Waals surface area contributed by atoms with Gasteiger partial charge in [0.25, 0.3) is 5.91 Å².